The number of rotatable bonds is 8. The van der Waals surface area contributed by atoms with Crippen LogP contribution in [-0.4, -0.2) is 81.9 Å². The van der Waals surface area contributed by atoms with Crippen LogP contribution in [0.2, 0.25) is 0 Å². The Hall–Kier alpha value is -3.11. The highest BCUT2D eigenvalue weighted by molar-refractivity contribution is 5.55. The highest BCUT2D eigenvalue weighted by Crippen LogP contribution is 2.53. The number of hydrogen-bond acceptors (Lipinski definition) is 9. The summed E-state index contributed by atoms with van der Waals surface area (Å²) in [6.45, 7) is 6.51. The van der Waals surface area contributed by atoms with Gasteiger partial charge in [-0.1, -0.05) is 5.21 Å². The largest absolute Gasteiger partial charge is 0.375 e. The van der Waals surface area contributed by atoms with E-state index in [9.17, 15) is 0 Å². The standard InChI is InChI=1S/C29H37N9O/c1-2-22(31-12-21-3-4-21)16-36(10-1)23-5-6-26(32-13-23)29(19-39-20-29)38-17-25(34-35-38)24-14-30-15-27(33-24)37-11-9-28(18-37)7-8-28/h5-6,13-15,17,21-22,31H,1-4,7-12,16,18-20H2/t22-/m1/s1. The summed E-state index contributed by atoms with van der Waals surface area (Å²) in [6.07, 6.45) is 16.9. The third-order valence-corrected chi connectivity index (χ3v) is 9.62. The zero-order valence-electron chi connectivity index (χ0n) is 22.5. The van der Waals surface area contributed by atoms with Gasteiger partial charge >= 0.3 is 0 Å². The van der Waals surface area contributed by atoms with Crippen molar-refractivity contribution >= 4 is 11.5 Å². The second kappa shape index (κ2) is 9.23. The van der Waals surface area contributed by atoms with E-state index in [0.717, 1.165) is 55.0 Å². The fraction of sp³-hybridized carbons (Fsp3) is 0.621. The van der Waals surface area contributed by atoms with Gasteiger partial charge in [0.25, 0.3) is 0 Å². The van der Waals surface area contributed by atoms with Gasteiger partial charge in [-0.25, -0.2) is 9.67 Å². The molecule has 0 amide bonds. The molecule has 1 N–H and O–H groups in total. The average molecular weight is 528 g/mol. The van der Waals surface area contributed by atoms with Crippen LogP contribution < -0.4 is 15.1 Å². The first-order chi connectivity index (χ1) is 19.2. The molecule has 204 valence electrons. The predicted octanol–water partition coefficient (Wildman–Crippen LogP) is 2.86. The Morgan fingerprint density at radius 2 is 1.90 bits per heavy atom. The van der Waals surface area contributed by atoms with Crippen molar-refractivity contribution in [1.29, 1.82) is 0 Å². The Morgan fingerprint density at radius 1 is 0.974 bits per heavy atom. The van der Waals surface area contributed by atoms with Crippen LogP contribution in [-0.2, 0) is 10.3 Å². The second-order valence-electron chi connectivity index (χ2n) is 12.5. The first kappa shape index (κ1) is 23.7. The Balaban J connectivity index is 0.985. The lowest BCUT2D eigenvalue weighted by molar-refractivity contribution is -0.0851. The molecule has 1 atom stereocenters. The molecule has 3 aromatic rings. The number of piperidine rings is 1. The molecule has 2 aliphatic carbocycles. The molecule has 0 aromatic carbocycles. The third kappa shape index (κ3) is 4.47. The van der Waals surface area contributed by atoms with Crippen molar-refractivity contribution in [3.8, 4) is 11.4 Å². The fourth-order valence-electron chi connectivity index (χ4n) is 6.51. The summed E-state index contributed by atoms with van der Waals surface area (Å²) in [5.41, 5.74) is 3.73. The normalized spacial score (nSPS) is 25.2. The Kier molecular flexibility index (Phi) is 5.62. The first-order valence-corrected chi connectivity index (χ1v) is 14.7. The summed E-state index contributed by atoms with van der Waals surface area (Å²) in [6, 6.07) is 4.92. The molecule has 3 aliphatic heterocycles. The van der Waals surface area contributed by atoms with Gasteiger partial charge in [-0.15, -0.1) is 5.10 Å². The first-order valence-electron chi connectivity index (χ1n) is 14.7. The van der Waals surface area contributed by atoms with E-state index in [1.54, 1.807) is 6.20 Å². The minimum Gasteiger partial charge on any atom is -0.375 e. The molecule has 0 radical (unpaired) electrons. The molecule has 0 bridgehead atoms. The van der Waals surface area contributed by atoms with Gasteiger partial charge < -0.3 is 19.9 Å². The van der Waals surface area contributed by atoms with Crippen LogP contribution in [0.15, 0.2) is 36.9 Å². The average Bonchev–Trinajstić information content (AvgIpc) is 3.83. The number of pyridine rings is 1. The van der Waals surface area contributed by atoms with Crippen LogP contribution in [0.1, 0.15) is 50.6 Å². The van der Waals surface area contributed by atoms with Crippen LogP contribution in [0.3, 0.4) is 0 Å². The Bertz CT molecular complexity index is 1330. The Labute approximate surface area is 229 Å². The van der Waals surface area contributed by atoms with Crippen LogP contribution in [0, 0.1) is 11.3 Å². The minimum atomic E-state index is -0.446. The lowest BCUT2D eigenvalue weighted by atomic mass is 9.92. The van der Waals surface area contributed by atoms with Crippen LogP contribution in [0.4, 0.5) is 11.5 Å². The SMILES string of the molecule is c1cc(C2(n3cc(-c4cncc(N5CCC6(CC6)C5)n4)nn3)COC2)ncc1N1CCC[C@@H](NCC2CC2)C1. The van der Waals surface area contributed by atoms with E-state index >= 15 is 0 Å². The lowest BCUT2D eigenvalue weighted by Crippen LogP contribution is -2.53. The van der Waals surface area contributed by atoms with Gasteiger partial charge in [0.15, 0.2) is 5.54 Å². The zero-order valence-corrected chi connectivity index (χ0v) is 22.5. The fourth-order valence-corrected chi connectivity index (χ4v) is 6.51. The van der Waals surface area contributed by atoms with Crippen LogP contribution in [0.5, 0.6) is 0 Å². The third-order valence-electron chi connectivity index (χ3n) is 9.62. The van der Waals surface area contributed by atoms with Crippen molar-refractivity contribution in [2.45, 2.75) is 56.5 Å². The van der Waals surface area contributed by atoms with Gasteiger partial charge in [0, 0.05) is 32.2 Å². The van der Waals surface area contributed by atoms with Crippen molar-refractivity contribution in [2.24, 2.45) is 11.3 Å². The summed E-state index contributed by atoms with van der Waals surface area (Å²) in [4.78, 5) is 19.2. The number of anilines is 2. The predicted molar refractivity (Wildman–Crippen MR) is 148 cm³/mol. The van der Waals surface area contributed by atoms with E-state index in [2.05, 4.69) is 42.5 Å². The Morgan fingerprint density at radius 3 is 2.64 bits per heavy atom. The lowest BCUT2D eigenvalue weighted by Gasteiger charge is -2.40. The molecular weight excluding hydrogens is 490 g/mol. The molecule has 0 unspecified atom stereocenters. The molecular formula is C29H37N9O. The maximum absolute atomic E-state index is 5.70. The monoisotopic (exact) mass is 527 g/mol. The van der Waals surface area contributed by atoms with E-state index in [-0.39, 0.29) is 0 Å². The van der Waals surface area contributed by atoms with E-state index in [1.807, 2.05) is 23.3 Å². The number of ether oxygens (including phenoxy) is 1. The highest BCUT2D eigenvalue weighted by atomic mass is 16.5. The molecule has 2 saturated carbocycles. The van der Waals surface area contributed by atoms with Crippen molar-refractivity contribution in [2.75, 3.05) is 55.7 Å². The molecule has 5 fully saturated rings. The van der Waals surface area contributed by atoms with Crippen molar-refractivity contribution in [3.05, 3.63) is 42.6 Å². The summed E-state index contributed by atoms with van der Waals surface area (Å²) in [7, 11) is 0. The smallest absolute Gasteiger partial charge is 0.152 e. The molecule has 6 heterocycles. The van der Waals surface area contributed by atoms with E-state index in [4.69, 9.17) is 14.7 Å². The number of nitrogens with zero attached hydrogens (tertiary/aromatic N) is 8. The summed E-state index contributed by atoms with van der Waals surface area (Å²) >= 11 is 0. The van der Waals surface area contributed by atoms with E-state index < -0.39 is 5.54 Å². The highest BCUT2D eigenvalue weighted by Gasteiger charge is 2.48. The van der Waals surface area contributed by atoms with Gasteiger partial charge in [-0.05, 0) is 75.0 Å². The quantitative estimate of drug-likeness (QED) is 0.474. The van der Waals surface area contributed by atoms with Gasteiger partial charge in [-0.2, -0.15) is 0 Å². The molecule has 39 heavy (non-hydrogen) atoms. The topological polar surface area (TPSA) is 97.1 Å². The molecule has 10 heteroatoms. The number of nitrogens with one attached hydrogen (secondary N) is 1. The van der Waals surface area contributed by atoms with Crippen molar-refractivity contribution in [3.63, 3.8) is 0 Å². The van der Waals surface area contributed by atoms with Gasteiger partial charge in [0.2, 0.25) is 0 Å². The molecule has 1 spiro atoms. The molecule has 3 saturated heterocycles. The molecule has 8 rings (SSSR count). The summed E-state index contributed by atoms with van der Waals surface area (Å²) in [5.74, 6) is 1.85. The summed E-state index contributed by atoms with van der Waals surface area (Å²) in [5, 5.41) is 12.8. The van der Waals surface area contributed by atoms with E-state index in [0.29, 0.717) is 24.7 Å². The van der Waals surface area contributed by atoms with E-state index in [1.165, 1.54) is 57.2 Å². The van der Waals surface area contributed by atoms with Crippen molar-refractivity contribution in [1.82, 2.24) is 35.3 Å². The maximum Gasteiger partial charge on any atom is 0.152 e. The van der Waals surface area contributed by atoms with Crippen LogP contribution in [0.25, 0.3) is 11.4 Å². The number of aromatic nitrogens is 6. The van der Waals surface area contributed by atoms with Crippen LogP contribution >= 0.6 is 0 Å². The summed E-state index contributed by atoms with van der Waals surface area (Å²) < 4.78 is 7.62. The van der Waals surface area contributed by atoms with Gasteiger partial charge in [-0.3, -0.25) is 9.97 Å². The minimum absolute atomic E-state index is 0.446. The zero-order chi connectivity index (χ0) is 25.9. The van der Waals surface area contributed by atoms with Crippen molar-refractivity contribution < 1.29 is 4.74 Å². The van der Waals surface area contributed by atoms with Gasteiger partial charge in [0.05, 0.1) is 49.4 Å². The second-order valence-corrected chi connectivity index (χ2v) is 12.5. The maximum atomic E-state index is 5.70. The van der Waals surface area contributed by atoms with Gasteiger partial charge in [0.1, 0.15) is 17.2 Å². The molecule has 5 aliphatic rings. The number of hydrogen-bond donors (Lipinski definition) is 1. The molecule has 3 aromatic heterocycles. The molecule has 10 nitrogen and oxygen atoms in total.